The van der Waals surface area contributed by atoms with E-state index in [1.165, 1.54) is 36.4 Å². The predicted molar refractivity (Wildman–Crippen MR) is 180 cm³/mol. The van der Waals surface area contributed by atoms with E-state index in [2.05, 4.69) is 20.5 Å². The van der Waals surface area contributed by atoms with Crippen LogP contribution in [0.5, 0.6) is 11.5 Å². The Labute approximate surface area is 272 Å². The van der Waals surface area contributed by atoms with Crippen molar-refractivity contribution in [2.45, 2.75) is 9.79 Å². The van der Waals surface area contributed by atoms with Gasteiger partial charge in [0.2, 0.25) is 0 Å². The number of nitrogens with zero attached hydrogens (tertiary/aromatic N) is 4. The number of benzene rings is 6. The summed E-state index contributed by atoms with van der Waals surface area (Å²) in [6.07, 6.45) is 0. The van der Waals surface area contributed by atoms with Gasteiger partial charge < -0.3 is 21.7 Å². The molecule has 0 atom stereocenters. The highest BCUT2D eigenvalue weighted by Crippen LogP contribution is 2.47. The Balaban J connectivity index is 1.26. The average Bonchev–Trinajstić information content (AvgIpc) is 3.04. The minimum atomic E-state index is -4.83. The van der Waals surface area contributed by atoms with Crippen LogP contribution < -0.4 is 11.5 Å². The summed E-state index contributed by atoms with van der Waals surface area (Å²) in [7, 11) is -9.65. The van der Waals surface area contributed by atoms with Gasteiger partial charge in [0.1, 0.15) is 9.79 Å². The summed E-state index contributed by atoms with van der Waals surface area (Å²) in [5, 5.41) is 38.1. The lowest BCUT2D eigenvalue weighted by molar-refractivity contribution is 0.444. The average molecular weight is 685 g/mol. The normalized spacial score (nSPS) is 12.5. The number of azo groups is 2. The maximum Gasteiger partial charge on any atom is 0.298 e. The zero-order chi connectivity index (χ0) is 34.4. The maximum atomic E-state index is 12.0. The number of rotatable bonds is 7. The Bertz CT molecular complexity index is 2360. The van der Waals surface area contributed by atoms with Crippen LogP contribution in [0.4, 0.5) is 34.1 Å². The molecule has 0 spiro atoms. The summed E-state index contributed by atoms with van der Waals surface area (Å²) in [6.45, 7) is 0. The fourth-order valence-electron chi connectivity index (χ4n) is 5.19. The summed E-state index contributed by atoms with van der Waals surface area (Å²) in [5.74, 6) is -1.66. The molecule has 6 aromatic rings. The van der Waals surface area contributed by atoms with Gasteiger partial charge >= 0.3 is 0 Å². The van der Waals surface area contributed by atoms with Crippen molar-refractivity contribution in [2.75, 3.05) is 11.5 Å². The number of fused-ring (bicyclic) bond motifs is 2. The molecule has 0 fully saturated rings. The van der Waals surface area contributed by atoms with Gasteiger partial charge in [0, 0.05) is 21.5 Å². The van der Waals surface area contributed by atoms with E-state index in [4.69, 9.17) is 11.5 Å². The molecule has 0 saturated heterocycles. The minimum Gasteiger partial charge on any atom is -0.504 e. The lowest BCUT2D eigenvalue weighted by Gasteiger charge is -2.12. The van der Waals surface area contributed by atoms with Crippen LogP contribution >= 0.6 is 0 Å². The molecule has 0 radical (unpaired) electrons. The third-order valence-electron chi connectivity index (χ3n) is 7.43. The van der Waals surface area contributed by atoms with Crippen LogP contribution in [-0.2, 0) is 20.2 Å². The Morgan fingerprint density at radius 2 is 0.771 bits per heavy atom. The van der Waals surface area contributed by atoms with E-state index in [0.717, 1.165) is 11.1 Å². The van der Waals surface area contributed by atoms with E-state index in [1.54, 1.807) is 60.7 Å². The molecule has 48 heavy (non-hydrogen) atoms. The third-order valence-corrected chi connectivity index (χ3v) is 9.29. The lowest BCUT2D eigenvalue weighted by atomic mass is 10.1. The number of nitrogens with two attached hydrogens (primary N) is 2. The third kappa shape index (κ3) is 5.87. The second-order valence-corrected chi connectivity index (χ2v) is 13.1. The summed E-state index contributed by atoms with van der Waals surface area (Å²) < 4.78 is 67.7. The number of phenols is 2. The summed E-state index contributed by atoms with van der Waals surface area (Å²) in [5.41, 5.74) is 13.9. The molecule has 6 rings (SSSR count). The zero-order valence-electron chi connectivity index (χ0n) is 24.4. The van der Waals surface area contributed by atoms with E-state index < -0.39 is 41.5 Å². The molecule has 0 amide bonds. The molecule has 16 heteroatoms. The molecule has 0 unspecified atom stereocenters. The van der Waals surface area contributed by atoms with Gasteiger partial charge in [-0.05, 0) is 35.4 Å². The molecular formula is C32H24N6O8S2. The van der Waals surface area contributed by atoms with E-state index in [0.29, 0.717) is 11.4 Å². The van der Waals surface area contributed by atoms with Gasteiger partial charge in [-0.2, -0.15) is 27.1 Å². The van der Waals surface area contributed by atoms with Crippen molar-refractivity contribution in [3.05, 3.63) is 97.1 Å². The standard InChI is InChI=1S/C32H24N6O8S2/c33-25-21-5-1-3-7-23(21)31(47(41,42)43)29(39)27(25)37-35-19-13-9-17(10-14-19)18-11-15-20(16-12-18)36-38-28-26(34)22-6-2-4-8-24(22)32(30(28)40)48(44,45)46/h1-16,39-40H,33-34H2,(H,41,42,43)(H,44,45,46). The van der Waals surface area contributed by atoms with Gasteiger partial charge in [-0.1, -0.05) is 72.8 Å². The van der Waals surface area contributed by atoms with Crippen LogP contribution in [0.25, 0.3) is 32.7 Å². The maximum absolute atomic E-state index is 12.0. The first-order chi connectivity index (χ1) is 22.8. The first kappa shape index (κ1) is 32.0. The SMILES string of the molecule is Nc1c(N=Nc2ccc(-c3ccc(N=Nc4c(O)c(S(=O)(=O)O)c5ccccc5c4N)cc3)cc2)c(O)c(S(=O)(=O)O)c2ccccc12. The van der Waals surface area contributed by atoms with Crippen molar-refractivity contribution in [3.63, 3.8) is 0 Å². The van der Waals surface area contributed by atoms with Crippen LogP contribution in [0, 0.1) is 0 Å². The first-order valence-electron chi connectivity index (χ1n) is 13.8. The highest BCUT2D eigenvalue weighted by Gasteiger charge is 2.27. The Hall–Kier alpha value is -5.94. The molecule has 0 aliphatic rings. The Morgan fingerprint density at radius 1 is 0.458 bits per heavy atom. The van der Waals surface area contributed by atoms with Crippen molar-refractivity contribution >= 4 is 75.9 Å². The largest absolute Gasteiger partial charge is 0.504 e. The molecule has 0 aliphatic heterocycles. The molecule has 6 aromatic carbocycles. The summed E-state index contributed by atoms with van der Waals surface area (Å²) in [4.78, 5) is -1.44. The van der Waals surface area contributed by atoms with Crippen molar-refractivity contribution < 1.29 is 36.2 Å². The number of hydrogen-bond acceptors (Lipinski definition) is 12. The molecule has 0 aliphatic carbocycles. The smallest absolute Gasteiger partial charge is 0.298 e. The van der Waals surface area contributed by atoms with Crippen LogP contribution in [0.3, 0.4) is 0 Å². The highest BCUT2D eigenvalue weighted by molar-refractivity contribution is 7.86. The van der Waals surface area contributed by atoms with Gasteiger partial charge in [-0.15, -0.1) is 10.2 Å². The highest BCUT2D eigenvalue weighted by atomic mass is 32.2. The van der Waals surface area contributed by atoms with Crippen LogP contribution in [0.2, 0.25) is 0 Å². The predicted octanol–water partition coefficient (Wildman–Crippen LogP) is 7.56. The van der Waals surface area contributed by atoms with E-state index >= 15 is 0 Å². The molecule has 242 valence electrons. The lowest BCUT2D eigenvalue weighted by Crippen LogP contribution is -2.02. The number of phenolic OH excluding ortho intramolecular Hbond substituents is 2. The summed E-state index contributed by atoms with van der Waals surface area (Å²) in [6, 6.07) is 25.6. The van der Waals surface area contributed by atoms with E-state index in [1.807, 2.05) is 0 Å². The quantitative estimate of drug-likeness (QED) is 0.0546. The van der Waals surface area contributed by atoms with Gasteiger partial charge in [-0.25, -0.2) is 0 Å². The molecule has 0 bridgehead atoms. The topological polar surface area (TPSA) is 251 Å². The van der Waals surface area contributed by atoms with Crippen molar-refractivity contribution in [1.29, 1.82) is 0 Å². The van der Waals surface area contributed by atoms with Crippen molar-refractivity contribution in [3.8, 4) is 22.6 Å². The van der Waals surface area contributed by atoms with Crippen molar-refractivity contribution in [1.82, 2.24) is 0 Å². The molecular weight excluding hydrogens is 661 g/mol. The van der Waals surface area contributed by atoms with Gasteiger partial charge in [0.05, 0.1) is 22.7 Å². The molecule has 0 heterocycles. The monoisotopic (exact) mass is 684 g/mol. The van der Waals surface area contributed by atoms with Crippen molar-refractivity contribution in [2.24, 2.45) is 20.5 Å². The van der Waals surface area contributed by atoms with E-state index in [-0.39, 0.29) is 44.3 Å². The fraction of sp³-hybridized carbons (Fsp3) is 0. The molecule has 14 nitrogen and oxygen atoms in total. The number of hydrogen-bond donors (Lipinski definition) is 6. The van der Waals surface area contributed by atoms with Gasteiger partial charge in [-0.3, -0.25) is 9.11 Å². The summed E-state index contributed by atoms with van der Waals surface area (Å²) >= 11 is 0. The van der Waals surface area contributed by atoms with Crippen LogP contribution in [0.1, 0.15) is 0 Å². The fourth-order valence-corrected chi connectivity index (χ4v) is 6.79. The Morgan fingerprint density at radius 3 is 1.08 bits per heavy atom. The minimum absolute atomic E-state index is 0.0227. The molecule has 0 aromatic heterocycles. The molecule has 8 N–H and O–H groups in total. The van der Waals surface area contributed by atoms with Gasteiger partial charge in [0.15, 0.2) is 22.9 Å². The Kier molecular flexibility index (Phi) is 8.01. The van der Waals surface area contributed by atoms with Crippen LogP contribution in [-0.4, -0.2) is 36.2 Å². The number of aromatic hydroxyl groups is 2. The zero-order valence-corrected chi connectivity index (χ0v) is 26.1. The second kappa shape index (κ2) is 12.0. The van der Waals surface area contributed by atoms with Crippen LogP contribution in [0.15, 0.2) is 127 Å². The second-order valence-electron chi connectivity index (χ2n) is 10.4. The first-order valence-corrected chi connectivity index (χ1v) is 16.7. The number of anilines is 2. The molecule has 0 saturated carbocycles. The number of nitrogen functional groups attached to an aromatic ring is 2. The van der Waals surface area contributed by atoms with Gasteiger partial charge in [0.25, 0.3) is 20.2 Å². The van der Waals surface area contributed by atoms with E-state index in [9.17, 15) is 36.2 Å².